The SMILES string of the molecule is Cc1cn(C)c(C2(O)CCC2)n1. The number of aliphatic hydroxyl groups is 1. The lowest BCUT2D eigenvalue weighted by atomic mass is 9.79. The van der Waals surface area contributed by atoms with Crippen molar-refractivity contribution >= 4 is 0 Å². The van der Waals surface area contributed by atoms with Crippen molar-refractivity contribution in [3.05, 3.63) is 17.7 Å². The maximum Gasteiger partial charge on any atom is 0.140 e. The standard InChI is InChI=1S/C9H14N2O/c1-7-6-11(2)8(10-7)9(12)4-3-5-9/h6,12H,3-5H2,1-2H3. The molecule has 1 saturated carbocycles. The summed E-state index contributed by atoms with van der Waals surface area (Å²) >= 11 is 0. The molecule has 0 aromatic carbocycles. The minimum Gasteiger partial charge on any atom is -0.382 e. The van der Waals surface area contributed by atoms with E-state index in [0.717, 1.165) is 30.8 Å². The Morgan fingerprint density at radius 1 is 1.58 bits per heavy atom. The van der Waals surface area contributed by atoms with Gasteiger partial charge in [0.15, 0.2) is 0 Å². The van der Waals surface area contributed by atoms with Gasteiger partial charge in [-0.25, -0.2) is 4.98 Å². The average molecular weight is 166 g/mol. The molecule has 1 aromatic heterocycles. The monoisotopic (exact) mass is 166 g/mol. The molecular weight excluding hydrogens is 152 g/mol. The molecule has 0 unspecified atom stereocenters. The summed E-state index contributed by atoms with van der Waals surface area (Å²) in [5.74, 6) is 0.825. The first-order valence-corrected chi connectivity index (χ1v) is 4.35. The van der Waals surface area contributed by atoms with Gasteiger partial charge in [-0.15, -0.1) is 0 Å². The zero-order valence-electron chi connectivity index (χ0n) is 7.54. The van der Waals surface area contributed by atoms with Gasteiger partial charge in [-0.1, -0.05) is 0 Å². The molecule has 0 atom stereocenters. The Kier molecular flexibility index (Phi) is 1.51. The topological polar surface area (TPSA) is 38.0 Å². The van der Waals surface area contributed by atoms with Gasteiger partial charge < -0.3 is 9.67 Å². The molecule has 1 heterocycles. The summed E-state index contributed by atoms with van der Waals surface area (Å²) in [4.78, 5) is 4.32. The fourth-order valence-corrected chi connectivity index (χ4v) is 1.78. The number of rotatable bonds is 1. The molecule has 2 rings (SSSR count). The van der Waals surface area contributed by atoms with E-state index in [-0.39, 0.29) is 0 Å². The minimum atomic E-state index is -0.622. The van der Waals surface area contributed by atoms with E-state index in [1.165, 1.54) is 0 Å². The summed E-state index contributed by atoms with van der Waals surface area (Å²) in [6.45, 7) is 1.95. The second kappa shape index (κ2) is 2.33. The fraction of sp³-hybridized carbons (Fsp3) is 0.667. The highest BCUT2D eigenvalue weighted by atomic mass is 16.3. The first-order valence-electron chi connectivity index (χ1n) is 4.35. The van der Waals surface area contributed by atoms with E-state index in [0.29, 0.717) is 0 Å². The molecule has 1 aromatic rings. The Labute approximate surface area is 72.0 Å². The van der Waals surface area contributed by atoms with Crippen LogP contribution in [0.5, 0.6) is 0 Å². The lowest BCUT2D eigenvalue weighted by Crippen LogP contribution is -2.36. The number of aromatic nitrogens is 2. The molecule has 3 nitrogen and oxygen atoms in total. The van der Waals surface area contributed by atoms with E-state index in [1.54, 1.807) is 0 Å². The Balaban J connectivity index is 2.38. The van der Waals surface area contributed by atoms with Gasteiger partial charge in [-0.3, -0.25) is 0 Å². The zero-order chi connectivity index (χ0) is 8.77. The number of hydrogen-bond donors (Lipinski definition) is 1. The van der Waals surface area contributed by atoms with Crippen LogP contribution >= 0.6 is 0 Å². The van der Waals surface area contributed by atoms with Gasteiger partial charge >= 0.3 is 0 Å². The van der Waals surface area contributed by atoms with Gasteiger partial charge in [0.1, 0.15) is 11.4 Å². The molecular formula is C9H14N2O. The van der Waals surface area contributed by atoms with Crippen LogP contribution in [0.3, 0.4) is 0 Å². The van der Waals surface area contributed by atoms with E-state index < -0.39 is 5.60 Å². The smallest absolute Gasteiger partial charge is 0.140 e. The van der Waals surface area contributed by atoms with Crippen LogP contribution in [0, 0.1) is 6.92 Å². The van der Waals surface area contributed by atoms with E-state index in [2.05, 4.69) is 4.98 Å². The van der Waals surface area contributed by atoms with Gasteiger partial charge in [-0.05, 0) is 26.2 Å². The van der Waals surface area contributed by atoms with E-state index >= 15 is 0 Å². The minimum absolute atomic E-state index is 0.622. The molecule has 1 N–H and O–H groups in total. The summed E-state index contributed by atoms with van der Waals surface area (Å²) in [5.41, 5.74) is 0.357. The molecule has 3 heteroatoms. The highest BCUT2D eigenvalue weighted by molar-refractivity contribution is 5.12. The van der Waals surface area contributed by atoms with Crippen LogP contribution in [0.1, 0.15) is 30.8 Å². The van der Waals surface area contributed by atoms with Crippen molar-refractivity contribution in [3.8, 4) is 0 Å². The predicted octanol–water partition coefficient (Wildman–Crippen LogP) is 1.10. The van der Waals surface area contributed by atoms with Crippen LogP contribution in [-0.2, 0) is 12.6 Å². The zero-order valence-corrected chi connectivity index (χ0v) is 7.54. The number of aryl methyl sites for hydroxylation is 2. The molecule has 66 valence electrons. The van der Waals surface area contributed by atoms with E-state index in [1.807, 2.05) is 24.7 Å². The molecule has 0 radical (unpaired) electrons. The van der Waals surface area contributed by atoms with Crippen molar-refractivity contribution < 1.29 is 5.11 Å². The first-order chi connectivity index (χ1) is 5.62. The van der Waals surface area contributed by atoms with Gasteiger partial charge in [0.2, 0.25) is 0 Å². The molecule has 1 fully saturated rings. The predicted molar refractivity (Wildman–Crippen MR) is 45.7 cm³/mol. The Morgan fingerprint density at radius 2 is 2.25 bits per heavy atom. The normalized spacial score (nSPS) is 20.6. The van der Waals surface area contributed by atoms with Gasteiger partial charge in [0.25, 0.3) is 0 Å². The lowest BCUT2D eigenvalue weighted by molar-refractivity contribution is -0.0488. The molecule has 1 aliphatic rings. The Bertz CT molecular complexity index is 299. The Morgan fingerprint density at radius 3 is 2.58 bits per heavy atom. The van der Waals surface area contributed by atoms with Gasteiger partial charge in [0, 0.05) is 13.2 Å². The third-order valence-electron chi connectivity index (χ3n) is 2.59. The molecule has 0 spiro atoms. The number of nitrogens with zero attached hydrogens (tertiary/aromatic N) is 2. The summed E-state index contributed by atoms with van der Waals surface area (Å²) in [6, 6.07) is 0. The molecule has 0 aliphatic heterocycles. The van der Waals surface area contributed by atoms with Crippen molar-refractivity contribution in [2.75, 3.05) is 0 Å². The summed E-state index contributed by atoms with van der Waals surface area (Å²) in [7, 11) is 1.94. The fourth-order valence-electron chi connectivity index (χ4n) is 1.78. The van der Waals surface area contributed by atoms with Crippen molar-refractivity contribution in [3.63, 3.8) is 0 Å². The molecule has 0 bridgehead atoms. The number of hydrogen-bond acceptors (Lipinski definition) is 2. The quantitative estimate of drug-likeness (QED) is 0.678. The highest BCUT2D eigenvalue weighted by Gasteiger charge is 2.39. The van der Waals surface area contributed by atoms with Gasteiger partial charge in [0.05, 0.1) is 5.69 Å². The first kappa shape index (κ1) is 7.80. The average Bonchev–Trinajstić information content (AvgIpc) is 2.25. The van der Waals surface area contributed by atoms with Crippen molar-refractivity contribution in [1.29, 1.82) is 0 Å². The highest BCUT2D eigenvalue weighted by Crippen LogP contribution is 2.39. The molecule has 12 heavy (non-hydrogen) atoms. The van der Waals surface area contributed by atoms with Crippen LogP contribution in [0.4, 0.5) is 0 Å². The van der Waals surface area contributed by atoms with Crippen molar-refractivity contribution in [2.45, 2.75) is 31.8 Å². The third-order valence-corrected chi connectivity index (χ3v) is 2.59. The van der Waals surface area contributed by atoms with Crippen molar-refractivity contribution in [2.24, 2.45) is 7.05 Å². The largest absolute Gasteiger partial charge is 0.382 e. The van der Waals surface area contributed by atoms with Gasteiger partial charge in [-0.2, -0.15) is 0 Å². The summed E-state index contributed by atoms with van der Waals surface area (Å²) in [6.07, 6.45) is 4.78. The lowest BCUT2D eigenvalue weighted by Gasteiger charge is -2.35. The van der Waals surface area contributed by atoms with E-state index in [9.17, 15) is 5.11 Å². The molecule has 0 saturated heterocycles. The summed E-state index contributed by atoms with van der Waals surface area (Å²) < 4.78 is 1.93. The van der Waals surface area contributed by atoms with Crippen molar-refractivity contribution in [1.82, 2.24) is 9.55 Å². The van der Waals surface area contributed by atoms with Crippen LogP contribution in [-0.4, -0.2) is 14.7 Å². The molecule has 0 amide bonds. The van der Waals surface area contributed by atoms with Crippen LogP contribution in [0.2, 0.25) is 0 Å². The van der Waals surface area contributed by atoms with Crippen LogP contribution in [0.15, 0.2) is 6.20 Å². The Hall–Kier alpha value is -0.830. The third kappa shape index (κ3) is 0.966. The van der Waals surface area contributed by atoms with Crippen LogP contribution < -0.4 is 0 Å². The maximum absolute atomic E-state index is 9.99. The second-order valence-electron chi connectivity index (χ2n) is 3.70. The van der Waals surface area contributed by atoms with Crippen LogP contribution in [0.25, 0.3) is 0 Å². The number of imidazole rings is 1. The maximum atomic E-state index is 9.99. The summed E-state index contributed by atoms with van der Waals surface area (Å²) in [5, 5.41) is 9.99. The van der Waals surface area contributed by atoms with E-state index in [4.69, 9.17) is 0 Å². The molecule has 1 aliphatic carbocycles. The second-order valence-corrected chi connectivity index (χ2v) is 3.70.